The van der Waals surface area contributed by atoms with Crippen molar-refractivity contribution in [1.29, 1.82) is 0 Å². The Kier molecular flexibility index (Phi) is 3.44. The van der Waals surface area contributed by atoms with E-state index in [0.29, 0.717) is 0 Å². The lowest BCUT2D eigenvalue weighted by molar-refractivity contribution is 0.0175. The second kappa shape index (κ2) is 5.22. The zero-order valence-corrected chi connectivity index (χ0v) is 14.1. The molecule has 1 aromatic rings. The SMILES string of the molecule is CC(C)(C)c1nnc(N2C[C@@H]3C[C@H](C2)[C@@H]2CCCCN2C3)o1. The summed E-state index contributed by atoms with van der Waals surface area (Å²) < 4.78 is 5.98. The van der Waals surface area contributed by atoms with Crippen molar-refractivity contribution >= 4 is 6.01 Å². The van der Waals surface area contributed by atoms with E-state index < -0.39 is 0 Å². The normalized spacial score (nSPS) is 32.9. The number of hydrogen-bond acceptors (Lipinski definition) is 5. The first-order valence-electron chi connectivity index (χ1n) is 8.84. The minimum absolute atomic E-state index is 0.0723. The highest BCUT2D eigenvalue weighted by Crippen LogP contribution is 2.38. The van der Waals surface area contributed by atoms with Gasteiger partial charge in [-0.25, -0.2) is 0 Å². The zero-order chi connectivity index (χ0) is 15.3. The average Bonchev–Trinajstić information content (AvgIpc) is 2.97. The van der Waals surface area contributed by atoms with Crippen LogP contribution in [0.1, 0.15) is 52.3 Å². The Hall–Kier alpha value is -1.10. The molecule has 3 aliphatic heterocycles. The molecule has 0 unspecified atom stereocenters. The van der Waals surface area contributed by atoms with Crippen molar-refractivity contribution < 1.29 is 4.42 Å². The number of rotatable bonds is 1. The molecular weight excluding hydrogens is 276 g/mol. The van der Waals surface area contributed by atoms with E-state index in [1.807, 2.05) is 0 Å². The van der Waals surface area contributed by atoms with Crippen LogP contribution < -0.4 is 4.90 Å². The van der Waals surface area contributed by atoms with Gasteiger partial charge < -0.3 is 9.32 Å². The Morgan fingerprint density at radius 1 is 1.09 bits per heavy atom. The summed E-state index contributed by atoms with van der Waals surface area (Å²) in [5, 5.41) is 8.60. The molecule has 4 rings (SSSR count). The van der Waals surface area contributed by atoms with E-state index in [1.54, 1.807) is 0 Å². The average molecular weight is 304 g/mol. The van der Waals surface area contributed by atoms with Crippen molar-refractivity contribution in [2.24, 2.45) is 11.8 Å². The second-order valence-corrected chi connectivity index (χ2v) is 8.46. The molecule has 4 heterocycles. The zero-order valence-electron chi connectivity index (χ0n) is 14.1. The minimum Gasteiger partial charge on any atom is -0.407 e. The Morgan fingerprint density at radius 2 is 1.95 bits per heavy atom. The van der Waals surface area contributed by atoms with Gasteiger partial charge in [0.2, 0.25) is 5.89 Å². The third-order valence-corrected chi connectivity index (χ3v) is 5.60. The van der Waals surface area contributed by atoms with Gasteiger partial charge in [-0.2, -0.15) is 0 Å². The van der Waals surface area contributed by atoms with E-state index in [-0.39, 0.29) is 5.41 Å². The van der Waals surface area contributed by atoms with E-state index in [9.17, 15) is 0 Å². The van der Waals surface area contributed by atoms with Crippen molar-refractivity contribution in [1.82, 2.24) is 15.1 Å². The summed E-state index contributed by atoms with van der Waals surface area (Å²) in [5.41, 5.74) is -0.0723. The Labute approximate surface area is 133 Å². The summed E-state index contributed by atoms with van der Waals surface area (Å²) in [6, 6.07) is 1.53. The molecule has 0 aliphatic carbocycles. The van der Waals surface area contributed by atoms with E-state index in [0.717, 1.165) is 42.9 Å². The van der Waals surface area contributed by atoms with Crippen LogP contribution in [0.4, 0.5) is 6.01 Å². The maximum atomic E-state index is 5.98. The van der Waals surface area contributed by atoms with Crippen LogP contribution in [-0.2, 0) is 5.41 Å². The van der Waals surface area contributed by atoms with E-state index >= 15 is 0 Å². The lowest BCUT2D eigenvalue weighted by Crippen LogP contribution is -2.59. The van der Waals surface area contributed by atoms with Crippen LogP contribution in [-0.4, -0.2) is 47.3 Å². The molecule has 3 atom stereocenters. The first-order valence-corrected chi connectivity index (χ1v) is 8.84. The molecule has 0 N–H and O–H groups in total. The fourth-order valence-electron chi connectivity index (χ4n) is 4.57. The predicted octanol–water partition coefficient (Wildman–Crippen LogP) is 2.68. The maximum Gasteiger partial charge on any atom is 0.318 e. The number of piperidine rings is 3. The van der Waals surface area contributed by atoms with Gasteiger partial charge >= 0.3 is 6.01 Å². The molecule has 5 heteroatoms. The first kappa shape index (κ1) is 14.5. The molecule has 2 bridgehead atoms. The van der Waals surface area contributed by atoms with Crippen LogP contribution in [0.25, 0.3) is 0 Å². The summed E-state index contributed by atoms with van der Waals surface area (Å²) in [7, 11) is 0. The topological polar surface area (TPSA) is 45.4 Å². The monoisotopic (exact) mass is 304 g/mol. The number of nitrogens with zero attached hydrogens (tertiary/aromatic N) is 4. The van der Waals surface area contributed by atoms with Gasteiger partial charge in [-0.3, -0.25) is 4.90 Å². The fraction of sp³-hybridized carbons (Fsp3) is 0.882. The van der Waals surface area contributed by atoms with Gasteiger partial charge in [0.1, 0.15) is 0 Å². The highest BCUT2D eigenvalue weighted by Gasteiger charge is 2.42. The van der Waals surface area contributed by atoms with Gasteiger partial charge in [-0.1, -0.05) is 32.3 Å². The number of fused-ring (bicyclic) bond motifs is 4. The van der Waals surface area contributed by atoms with Crippen molar-refractivity contribution in [3.8, 4) is 0 Å². The maximum absolute atomic E-state index is 5.98. The number of aromatic nitrogens is 2. The standard InChI is InChI=1S/C17H28N4O/c1-17(2,3)15-18-19-16(22-15)21-10-12-8-13(11-21)14-6-4-5-7-20(14)9-12/h12-14H,4-11H2,1-3H3/t12-,13-,14+/m1/s1. The van der Waals surface area contributed by atoms with Crippen LogP contribution in [0.3, 0.4) is 0 Å². The van der Waals surface area contributed by atoms with Gasteiger partial charge in [0.25, 0.3) is 0 Å². The summed E-state index contributed by atoms with van der Waals surface area (Å²) in [5.74, 6) is 2.29. The van der Waals surface area contributed by atoms with Gasteiger partial charge in [0.05, 0.1) is 0 Å². The van der Waals surface area contributed by atoms with Crippen molar-refractivity contribution in [2.45, 2.75) is 57.9 Å². The van der Waals surface area contributed by atoms with Crippen LogP contribution in [0.5, 0.6) is 0 Å². The fourth-order valence-corrected chi connectivity index (χ4v) is 4.57. The summed E-state index contributed by atoms with van der Waals surface area (Å²) in [6.07, 6.45) is 5.55. The summed E-state index contributed by atoms with van der Waals surface area (Å²) in [6.45, 7) is 11.1. The Balaban J connectivity index is 1.52. The van der Waals surface area contributed by atoms with Crippen LogP contribution in [0.2, 0.25) is 0 Å². The lowest BCUT2D eigenvalue weighted by Gasteiger charge is -2.52. The third kappa shape index (κ3) is 2.53. The molecule has 3 fully saturated rings. The summed E-state index contributed by atoms with van der Waals surface area (Å²) in [4.78, 5) is 5.11. The molecular formula is C17H28N4O. The largest absolute Gasteiger partial charge is 0.407 e. The molecule has 0 aromatic carbocycles. The van der Waals surface area contributed by atoms with E-state index in [2.05, 4.69) is 40.8 Å². The highest BCUT2D eigenvalue weighted by molar-refractivity contribution is 5.27. The Bertz CT molecular complexity index is 535. The van der Waals surface area contributed by atoms with Crippen molar-refractivity contribution in [2.75, 3.05) is 31.1 Å². The third-order valence-electron chi connectivity index (χ3n) is 5.60. The lowest BCUT2D eigenvalue weighted by atomic mass is 9.76. The number of hydrogen-bond donors (Lipinski definition) is 0. The van der Waals surface area contributed by atoms with Crippen molar-refractivity contribution in [3.05, 3.63) is 5.89 Å². The molecule has 0 radical (unpaired) electrons. The highest BCUT2D eigenvalue weighted by atomic mass is 16.4. The smallest absolute Gasteiger partial charge is 0.318 e. The van der Waals surface area contributed by atoms with Crippen LogP contribution in [0.15, 0.2) is 4.42 Å². The minimum atomic E-state index is -0.0723. The molecule has 0 saturated carbocycles. The van der Waals surface area contributed by atoms with Gasteiger partial charge in [-0.15, -0.1) is 5.10 Å². The molecule has 0 amide bonds. The van der Waals surface area contributed by atoms with Gasteiger partial charge in [-0.05, 0) is 37.6 Å². The van der Waals surface area contributed by atoms with E-state index in [1.165, 1.54) is 38.8 Å². The first-order chi connectivity index (χ1) is 10.5. The van der Waals surface area contributed by atoms with E-state index in [4.69, 9.17) is 4.42 Å². The molecule has 22 heavy (non-hydrogen) atoms. The van der Waals surface area contributed by atoms with Crippen LogP contribution >= 0.6 is 0 Å². The molecule has 0 spiro atoms. The van der Waals surface area contributed by atoms with Gasteiger partial charge in [0, 0.05) is 31.1 Å². The molecule has 3 saturated heterocycles. The number of anilines is 1. The van der Waals surface area contributed by atoms with Gasteiger partial charge in [0.15, 0.2) is 0 Å². The predicted molar refractivity (Wildman–Crippen MR) is 86.0 cm³/mol. The van der Waals surface area contributed by atoms with Crippen molar-refractivity contribution in [3.63, 3.8) is 0 Å². The Morgan fingerprint density at radius 3 is 2.73 bits per heavy atom. The second-order valence-electron chi connectivity index (χ2n) is 8.46. The molecule has 122 valence electrons. The summed E-state index contributed by atoms with van der Waals surface area (Å²) >= 11 is 0. The molecule has 5 nitrogen and oxygen atoms in total. The quantitative estimate of drug-likeness (QED) is 0.798. The molecule has 3 aliphatic rings. The molecule has 1 aromatic heterocycles. The van der Waals surface area contributed by atoms with Crippen LogP contribution in [0, 0.1) is 11.8 Å².